The van der Waals surface area contributed by atoms with Crippen molar-refractivity contribution >= 4 is 23.2 Å². The van der Waals surface area contributed by atoms with Crippen LogP contribution in [0.15, 0.2) is 82.7 Å². The Labute approximate surface area is 231 Å². The summed E-state index contributed by atoms with van der Waals surface area (Å²) in [5, 5.41) is 6.47. The molecular weight excluding hydrogens is 510 g/mol. The quantitative estimate of drug-likeness (QED) is 0.200. The molecule has 0 saturated heterocycles. The molecule has 0 radical (unpaired) electrons. The van der Waals surface area contributed by atoms with Crippen LogP contribution in [0.4, 0.5) is 5.69 Å². The van der Waals surface area contributed by atoms with Crippen molar-refractivity contribution in [3.8, 4) is 17.2 Å². The maximum atomic E-state index is 13.0. The van der Waals surface area contributed by atoms with Crippen molar-refractivity contribution < 1.29 is 19.1 Å². The monoisotopic (exact) mass is 541 g/mol. The molecule has 0 aliphatic carbocycles. The van der Waals surface area contributed by atoms with E-state index < -0.39 is 17.4 Å². The van der Waals surface area contributed by atoms with E-state index in [4.69, 9.17) is 9.47 Å². The van der Waals surface area contributed by atoms with Gasteiger partial charge in [0.2, 0.25) is 0 Å². The van der Waals surface area contributed by atoms with Crippen molar-refractivity contribution in [3.63, 3.8) is 0 Å². The van der Waals surface area contributed by atoms with Crippen molar-refractivity contribution in [3.05, 3.63) is 106 Å². The predicted molar refractivity (Wildman–Crippen MR) is 153 cm³/mol. The number of aromatic nitrogens is 2. The molecule has 4 rings (SSSR count). The van der Waals surface area contributed by atoms with Gasteiger partial charge in [0.05, 0.1) is 24.2 Å². The van der Waals surface area contributed by atoms with E-state index in [0.29, 0.717) is 40.8 Å². The van der Waals surface area contributed by atoms with Gasteiger partial charge in [-0.3, -0.25) is 19.1 Å². The predicted octanol–water partition coefficient (Wildman–Crippen LogP) is 3.86. The third-order valence-corrected chi connectivity index (χ3v) is 6.42. The van der Waals surface area contributed by atoms with E-state index in [1.54, 1.807) is 68.0 Å². The van der Waals surface area contributed by atoms with E-state index in [2.05, 4.69) is 15.8 Å². The molecule has 0 unspecified atom stereocenters. The highest BCUT2D eigenvalue weighted by Crippen LogP contribution is 2.29. The number of benzene rings is 3. The lowest BCUT2D eigenvalue weighted by atomic mass is 10.1. The van der Waals surface area contributed by atoms with E-state index in [9.17, 15) is 14.4 Å². The molecule has 0 bridgehead atoms. The molecule has 0 spiro atoms. The molecule has 0 saturated carbocycles. The van der Waals surface area contributed by atoms with Crippen molar-refractivity contribution in [1.82, 2.24) is 14.8 Å². The van der Waals surface area contributed by atoms with E-state index in [0.717, 1.165) is 5.56 Å². The van der Waals surface area contributed by atoms with E-state index >= 15 is 0 Å². The van der Waals surface area contributed by atoms with Crippen LogP contribution in [-0.2, 0) is 23.2 Å². The van der Waals surface area contributed by atoms with Crippen LogP contribution < -0.4 is 25.8 Å². The van der Waals surface area contributed by atoms with Crippen LogP contribution in [0.2, 0.25) is 0 Å². The Morgan fingerprint density at radius 1 is 0.925 bits per heavy atom. The maximum Gasteiger partial charge on any atom is 0.329 e. The van der Waals surface area contributed by atoms with Gasteiger partial charge in [0, 0.05) is 12.6 Å². The number of anilines is 1. The average molecular weight is 542 g/mol. The lowest BCUT2D eigenvalue weighted by molar-refractivity contribution is -0.136. The highest BCUT2D eigenvalue weighted by atomic mass is 16.5. The fraction of sp³-hybridized carbons (Fsp3) is 0.200. The molecule has 1 heterocycles. The first-order valence-corrected chi connectivity index (χ1v) is 12.6. The number of carbonyl (C=O) groups is 2. The maximum absolute atomic E-state index is 13.0. The Morgan fingerprint density at radius 2 is 1.62 bits per heavy atom. The summed E-state index contributed by atoms with van der Waals surface area (Å²) in [6.07, 6.45) is 0. The SMILES string of the molecule is COc1cc(C(C)=NNC(=O)C(=O)Nc2c(C)n(C)n(-c3ccccc3)c2=O)ccc1OCc1ccc(C)cc1. The van der Waals surface area contributed by atoms with E-state index in [1.807, 2.05) is 37.3 Å². The Balaban J connectivity index is 1.42. The minimum absolute atomic E-state index is 0.0122. The lowest BCUT2D eigenvalue weighted by Gasteiger charge is -2.12. The molecule has 4 aromatic rings. The average Bonchev–Trinajstić information content (AvgIpc) is 3.18. The van der Waals surface area contributed by atoms with Crippen LogP contribution in [0.5, 0.6) is 11.5 Å². The number of hydrogen-bond acceptors (Lipinski definition) is 6. The fourth-order valence-corrected chi connectivity index (χ4v) is 3.99. The van der Waals surface area contributed by atoms with Crippen LogP contribution in [-0.4, -0.2) is 34.0 Å². The second-order valence-electron chi connectivity index (χ2n) is 9.17. The third kappa shape index (κ3) is 6.12. The molecule has 40 heavy (non-hydrogen) atoms. The molecule has 0 atom stereocenters. The Bertz CT molecular complexity index is 1620. The first-order chi connectivity index (χ1) is 19.2. The Morgan fingerprint density at radius 3 is 2.30 bits per heavy atom. The number of nitrogens with one attached hydrogen (secondary N) is 2. The van der Waals surface area contributed by atoms with Gasteiger partial charge in [-0.25, -0.2) is 10.1 Å². The van der Waals surface area contributed by atoms with Gasteiger partial charge in [-0.15, -0.1) is 0 Å². The molecule has 2 N–H and O–H groups in total. The topological polar surface area (TPSA) is 116 Å². The highest BCUT2D eigenvalue weighted by Gasteiger charge is 2.21. The van der Waals surface area contributed by atoms with E-state index in [1.165, 1.54) is 17.4 Å². The summed E-state index contributed by atoms with van der Waals surface area (Å²) in [6.45, 7) is 5.77. The molecular formula is C30H31N5O5. The number of amides is 2. The summed E-state index contributed by atoms with van der Waals surface area (Å²) in [5.41, 5.74) is 6.22. The zero-order valence-corrected chi connectivity index (χ0v) is 23.0. The molecule has 0 fully saturated rings. The first-order valence-electron chi connectivity index (χ1n) is 12.6. The van der Waals surface area contributed by atoms with Crippen molar-refractivity contribution in [1.29, 1.82) is 0 Å². The lowest BCUT2D eigenvalue weighted by Crippen LogP contribution is -2.34. The number of aryl methyl sites for hydroxylation is 1. The van der Waals surface area contributed by atoms with Gasteiger partial charge in [-0.1, -0.05) is 48.0 Å². The summed E-state index contributed by atoms with van der Waals surface area (Å²) in [5.74, 6) is -0.974. The number of hydrogen-bond donors (Lipinski definition) is 2. The van der Waals surface area contributed by atoms with Crippen LogP contribution in [0.1, 0.15) is 29.3 Å². The summed E-state index contributed by atoms with van der Waals surface area (Å²) in [7, 11) is 3.23. The number of carbonyl (C=O) groups excluding carboxylic acids is 2. The number of methoxy groups -OCH3 is 1. The number of rotatable bonds is 8. The fourth-order valence-electron chi connectivity index (χ4n) is 3.99. The molecule has 206 valence electrons. The van der Waals surface area contributed by atoms with Gasteiger partial charge >= 0.3 is 11.8 Å². The second kappa shape index (κ2) is 12.2. The van der Waals surface area contributed by atoms with Gasteiger partial charge in [0.1, 0.15) is 12.3 Å². The number of ether oxygens (including phenoxy) is 2. The molecule has 3 aromatic carbocycles. The zero-order valence-electron chi connectivity index (χ0n) is 23.0. The molecule has 0 aliphatic rings. The Kier molecular flexibility index (Phi) is 8.48. The van der Waals surface area contributed by atoms with Gasteiger partial charge in [-0.05, 0) is 56.7 Å². The third-order valence-electron chi connectivity index (χ3n) is 6.42. The summed E-state index contributed by atoms with van der Waals surface area (Å²) < 4.78 is 14.4. The molecule has 0 aliphatic heterocycles. The molecule has 2 amide bonds. The summed E-state index contributed by atoms with van der Waals surface area (Å²) >= 11 is 0. The van der Waals surface area contributed by atoms with Crippen LogP contribution in [0.3, 0.4) is 0 Å². The van der Waals surface area contributed by atoms with Crippen LogP contribution in [0.25, 0.3) is 5.69 Å². The first kappa shape index (κ1) is 27.9. The van der Waals surface area contributed by atoms with Gasteiger partial charge in [0.25, 0.3) is 5.56 Å². The standard InChI is InChI=1S/C30H31N5O5/c1-19-11-13-22(14-12-19)18-40-25-16-15-23(17-26(25)39-5)20(2)32-33-29(37)28(36)31-27-21(3)34(4)35(30(27)38)24-9-7-6-8-10-24/h6-17H,18H2,1-5H3,(H,31,36)(H,33,37). The largest absolute Gasteiger partial charge is 0.493 e. The van der Waals surface area contributed by atoms with Gasteiger partial charge < -0.3 is 14.8 Å². The van der Waals surface area contributed by atoms with Crippen LogP contribution >= 0.6 is 0 Å². The van der Waals surface area contributed by atoms with Crippen LogP contribution in [0, 0.1) is 13.8 Å². The summed E-state index contributed by atoms with van der Waals surface area (Å²) in [4.78, 5) is 38.1. The second-order valence-corrected chi connectivity index (χ2v) is 9.17. The minimum Gasteiger partial charge on any atom is -0.493 e. The van der Waals surface area contributed by atoms with Crippen molar-refractivity contribution in [2.75, 3.05) is 12.4 Å². The minimum atomic E-state index is -1.02. The van der Waals surface area contributed by atoms with Crippen molar-refractivity contribution in [2.24, 2.45) is 12.1 Å². The normalized spacial score (nSPS) is 11.2. The number of nitrogens with zero attached hydrogens (tertiary/aromatic N) is 3. The number of para-hydroxylation sites is 1. The molecule has 1 aromatic heterocycles. The van der Waals surface area contributed by atoms with Gasteiger partial charge in [-0.2, -0.15) is 5.10 Å². The smallest absolute Gasteiger partial charge is 0.329 e. The van der Waals surface area contributed by atoms with E-state index in [-0.39, 0.29) is 5.69 Å². The molecule has 10 heteroatoms. The zero-order chi connectivity index (χ0) is 28.8. The Hall–Kier alpha value is -5.12. The number of hydrazone groups is 1. The highest BCUT2D eigenvalue weighted by molar-refractivity contribution is 6.39. The van der Waals surface area contributed by atoms with Crippen molar-refractivity contribution in [2.45, 2.75) is 27.4 Å². The van der Waals surface area contributed by atoms with Gasteiger partial charge in [0.15, 0.2) is 11.5 Å². The summed E-state index contributed by atoms with van der Waals surface area (Å²) in [6, 6.07) is 22.3. The molecule has 10 nitrogen and oxygen atoms in total.